The Bertz CT molecular complexity index is 1780. The fourth-order valence-corrected chi connectivity index (χ4v) is 4.63. The summed E-state index contributed by atoms with van der Waals surface area (Å²) >= 11 is 0. The molecule has 1 radical (unpaired) electrons. The predicted octanol–water partition coefficient (Wildman–Crippen LogP) is 9.01. The van der Waals surface area contributed by atoms with E-state index in [2.05, 4.69) is 101 Å². The molecule has 0 amide bonds. The van der Waals surface area contributed by atoms with Gasteiger partial charge in [-0.1, -0.05) is 66.2 Å². The maximum Gasteiger partial charge on any atom is 0.0780 e. The number of rotatable bonds is 4. The summed E-state index contributed by atoms with van der Waals surface area (Å²) in [5.41, 5.74) is 9.81. The molecular formula is C37H27IrN3-2. The van der Waals surface area contributed by atoms with Crippen molar-refractivity contribution in [2.24, 2.45) is 0 Å². The van der Waals surface area contributed by atoms with Gasteiger partial charge in [0.2, 0.25) is 0 Å². The molecule has 0 aliphatic carbocycles. The molecule has 0 saturated carbocycles. The molecule has 0 fully saturated rings. The second-order valence-corrected chi connectivity index (χ2v) is 9.44. The molecule has 2 heterocycles. The van der Waals surface area contributed by atoms with Gasteiger partial charge in [-0.15, -0.1) is 71.8 Å². The Hall–Kier alpha value is -4.63. The first-order valence-electron chi connectivity index (χ1n) is 13.3. The number of hydrogen-bond donors (Lipinski definition) is 0. The molecule has 41 heavy (non-hydrogen) atoms. The number of benzene rings is 5. The van der Waals surface area contributed by atoms with Gasteiger partial charge < -0.3 is 9.55 Å². The smallest absolute Gasteiger partial charge is 0.0780 e. The van der Waals surface area contributed by atoms with E-state index in [1.807, 2.05) is 66.7 Å². The van der Waals surface area contributed by atoms with Gasteiger partial charge in [0.05, 0.1) is 16.9 Å². The maximum atomic E-state index is 4.99. The average Bonchev–Trinajstić information content (AvgIpc) is 3.42. The van der Waals surface area contributed by atoms with Crippen LogP contribution in [0, 0.1) is 19.1 Å². The zero-order valence-corrected chi connectivity index (χ0v) is 24.9. The summed E-state index contributed by atoms with van der Waals surface area (Å²) in [6, 6.07) is 53.6. The minimum atomic E-state index is 0. The van der Waals surface area contributed by atoms with Crippen molar-refractivity contribution in [1.82, 2.24) is 14.5 Å². The van der Waals surface area contributed by atoms with Gasteiger partial charge in [-0.3, -0.25) is 4.98 Å². The molecule has 0 saturated heterocycles. The van der Waals surface area contributed by atoms with Gasteiger partial charge in [0.25, 0.3) is 0 Å². The Balaban J connectivity index is 0.000000218. The summed E-state index contributed by atoms with van der Waals surface area (Å²) in [5, 5.41) is 0. The molecule has 201 valence electrons. The zero-order valence-electron chi connectivity index (χ0n) is 22.5. The molecule has 3 nitrogen and oxygen atoms in total. The van der Waals surface area contributed by atoms with Crippen LogP contribution in [0.4, 0.5) is 0 Å². The Kier molecular flexibility index (Phi) is 8.95. The number of para-hydroxylation sites is 1. The minimum Gasteiger partial charge on any atom is -0.333 e. The summed E-state index contributed by atoms with van der Waals surface area (Å²) in [5.74, 6) is 0.905. The Morgan fingerprint density at radius 3 is 1.93 bits per heavy atom. The van der Waals surface area contributed by atoms with E-state index in [-0.39, 0.29) is 20.1 Å². The standard InChI is InChI=1S/C26H19N2.C11H8N.Ir/c1-19-12-14-20(15-13-19)22-16-17-25-24(18-22)27-26(21-8-4-2-5-9-21)28(25)23-10-6-3-7-11-23;1-2-6-10(7-3-1)11-8-4-5-9-12-11;/h2-8,10-18H,1H3;1-6,8-9H;/q2*-1;. The van der Waals surface area contributed by atoms with Gasteiger partial charge in [0.1, 0.15) is 0 Å². The zero-order chi connectivity index (χ0) is 27.1. The number of pyridine rings is 1. The Morgan fingerprint density at radius 1 is 0.610 bits per heavy atom. The third kappa shape index (κ3) is 6.41. The van der Waals surface area contributed by atoms with Crippen LogP contribution in [0.3, 0.4) is 0 Å². The van der Waals surface area contributed by atoms with Gasteiger partial charge in [-0.25, -0.2) is 0 Å². The van der Waals surface area contributed by atoms with Crippen molar-refractivity contribution in [3.63, 3.8) is 0 Å². The van der Waals surface area contributed by atoms with Crippen molar-refractivity contribution in [3.05, 3.63) is 163 Å². The molecule has 7 rings (SSSR count). The number of nitrogens with zero attached hydrogens (tertiary/aromatic N) is 3. The quantitative estimate of drug-likeness (QED) is 0.171. The van der Waals surface area contributed by atoms with E-state index in [1.54, 1.807) is 6.20 Å². The summed E-state index contributed by atoms with van der Waals surface area (Å²) in [4.78, 5) is 9.21. The average molecular weight is 706 g/mol. The molecule has 7 aromatic rings. The van der Waals surface area contributed by atoms with Gasteiger partial charge in [-0.05, 0) is 54.1 Å². The van der Waals surface area contributed by atoms with Crippen LogP contribution in [-0.2, 0) is 20.1 Å². The second kappa shape index (κ2) is 13.1. The SMILES string of the molecule is Cc1ccc(-c2ccc3c(c2)nc(-c2[c-]cccc2)n3-c2ccccc2)cc1.[Ir].[c-]1ccccc1-c1ccccn1. The van der Waals surface area contributed by atoms with Crippen LogP contribution in [0.2, 0.25) is 0 Å². The topological polar surface area (TPSA) is 30.7 Å². The normalized spacial score (nSPS) is 10.4. The number of fused-ring (bicyclic) bond motifs is 1. The first-order valence-corrected chi connectivity index (χ1v) is 13.3. The molecule has 0 aliphatic rings. The maximum absolute atomic E-state index is 4.99. The van der Waals surface area contributed by atoms with E-state index in [1.165, 1.54) is 16.7 Å². The van der Waals surface area contributed by atoms with Gasteiger partial charge in [0.15, 0.2) is 0 Å². The fraction of sp³-hybridized carbons (Fsp3) is 0.0270. The van der Waals surface area contributed by atoms with Crippen LogP contribution in [0.5, 0.6) is 0 Å². The monoisotopic (exact) mass is 706 g/mol. The number of aryl methyl sites for hydroxylation is 1. The van der Waals surface area contributed by atoms with E-state index in [0.717, 1.165) is 39.4 Å². The summed E-state index contributed by atoms with van der Waals surface area (Å²) < 4.78 is 2.21. The van der Waals surface area contributed by atoms with Crippen LogP contribution in [0.1, 0.15) is 5.56 Å². The molecule has 4 heteroatoms. The van der Waals surface area contributed by atoms with Gasteiger partial charge in [0, 0.05) is 32.0 Å². The molecule has 5 aromatic carbocycles. The van der Waals surface area contributed by atoms with Crippen molar-refractivity contribution < 1.29 is 20.1 Å². The molecular weight excluding hydrogens is 679 g/mol. The van der Waals surface area contributed by atoms with Crippen molar-refractivity contribution in [2.75, 3.05) is 0 Å². The Morgan fingerprint density at radius 2 is 1.27 bits per heavy atom. The van der Waals surface area contributed by atoms with Crippen molar-refractivity contribution >= 4 is 11.0 Å². The first kappa shape index (κ1) is 27.9. The van der Waals surface area contributed by atoms with Crippen LogP contribution < -0.4 is 0 Å². The fourth-order valence-electron chi connectivity index (χ4n) is 4.63. The van der Waals surface area contributed by atoms with Crippen LogP contribution in [-0.4, -0.2) is 14.5 Å². The van der Waals surface area contributed by atoms with Gasteiger partial charge >= 0.3 is 0 Å². The van der Waals surface area contributed by atoms with Gasteiger partial charge in [-0.2, -0.15) is 0 Å². The molecule has 0 atom stereocenters. The van der Waals surface area contributed by atoms with E-state index in [0.29, 0.717) is 0 Å². The molecule has 0 bridgehead atoms. The number of hydrogen-bond acceptors (Lipinski definition) is 2. The second-order valence-electron chi connectivity index (χ2n) is 9.44. The molecule has 0 unspecified atom stereocenters. The van der Waals surface area contributed by atoms with Crippen LogP contribution in [0.25, 0.3) is 50.5 Å². The summed E-state index contributed by atoms with van der Waals surface area (Å²) in [6.07, 6.45) is 1.79. The predicted molar refractivity (Wildman–Crippen MR) is 164 cm³/mol. The molecule has 0 aliphatic heterocycles. The summed E-state index contributed by atoms with van der Waals surface area (Å²) in [7, 11) is 0. The van der Waals surface area contributed by atoms with E-state index in [4.69, 9.17) is 4.98 Å². The molecule has 2 aromatic heterocycles. The first-order chi connectivity index (χ1) is 19.8. The van der Waals surface area contributed by atoms with Crippen molar-refractivity contribution in [1.29, 1.82) is 0 Å². The van der Waals surface area contributed by atoms with E-state index in [9.17, 15) is 0 Å². The van der Waals surface area contributed by atoms with Crippen molar-refractivity contribution in [3.8, 4) is 39.5 Å². The number of aromatic nitrogens is 3. The minimum absolute atomic E-state index is 0. The Labute approximate surface area is 254 Å². The van der Waals surface area contributed by atoms with E-state index < -0.39 is 0 Å². The third-order valence-electron chi connectivity index (χ3n) is 6.65. The summed E-state index contributed by atoms with van der Waals surface area (Å²) in [6.45, 7) is 2.11. The number of imidazole rings is 1. The third-order valence-corrected chi connectivity index (χ3v) is 6.65. The van der Waals surface area contributed by atoms with Crippen LogP contribution >= 0.6 is 0 Å². The molecule has 0 N–H and O–H groups in total. The van der Waals surface area contributed by atoms with Crippen molar-refractivity contribution in [2.45, 2.75) is 6.92 Å². The van der Waals surface area contributed by atoms with Crippen LogP contribution in [0.15, 0.2) is 146 Å². The largest absolute Gasteiger partial charge is 0.333 e. The molecule has 0 spiro atoms. The van der Waals surface area contributed by atoms with E-state index >= 15 is 0 Å².